The SMILES string of the molecule is CCC(O)C(C)C1OC1CC(C)/C=C/C=C(\C)C1OC(=O)C[C@H](O)CCC(C)(O)C(OC(C)=O)/C=C/C1C. The Bertz CT molecular complexity index is 875. The van der Waals surface area contributed by atoms with E-state index in [2.05, 4.69) is 13.0 Å². The molecule has 0 aromatic carbocycles. The van der Waals surface area contributed by atoms with Crippen LogP contribution in [0.4, 0.5) is 0 Å². The lowest BCUT2D eigenvalue weighted by molar-refractivity contribution is -0.157. The number of epoxide rings is 1. The normalized spacial score (nSPS) is 36.4. The van der Waals surface area contributed by atoms with Crippen LogP contribution in [0.25, 0.3) is 0 Å². The molecule has 0 radical (unpaired) electrons. The Morgan fingerprint density at radius 2 is 1.97 bits per heavy atom. The summed E-state index contributed by atoms with van der Waals surface area (Å²) in [7, 11) is 0. The summed E-state index contributed by atoms with van der Waals surface area (Å²) in [5.41, 5.74) is -0.580. The maximum absolute atomic E-state index is 12.6. The predicted molar refractivity (Wildman–Crippen MR) is 145 cm³/mol. The summed E-state index contributed by atoms with van der Waals surface area (Å²) in [5, 5.41) is 31.3. The van der Waals surface area contributed by atoms with Crippen LogP contribution in [-0.4, -0.2) is 69.5 Å². The Morgan fingerprint density at radius 1 is 1.29 bits per heavy atom. The summed E-state index contributed by atoms with van der Waals surface area (Å²) in [6.45, 7) is 12.7. The van der Waals surface area contributed by atoms with Gasteiger partial charge in [0.2, 0.25) is 0 Å². The van der Waals surface area contributed by atoms with E-state index in [1.807, 2.05) is 39.8 Å². The molecule has 2 aliphatic rings. The fourth-order valence-electron chi connectivity index (χ4n) is 4.97. The van der Waals surface area contributed by atoms with E-state index >= 15 is 0 Å². The molecule has 216 valence electrons. The first-order valence-electron chi connectivity index (χ1n) is 13.9. The topological polar surface area (TPSA) is 126 Å². The van der Waals surface area contributed by atoms with Crippen molar-refractivity contribution in [2.45, 2.75) is 123 Å². The lowest BCUT2D eigenvalue weighted by Crippen LogP contribution is -2.42. The molecule has 0 bridgehead atoms. The van der Waals surface area contributed by atoms with Gasteiger partial charge in [-0.15, -0.1) is 0 Å². The van der Waals surface area contributed by atoms with Crippen molar-refractivity contribution < 1.29 is 39.1 Å². The van der Waals surface area contributed by atoms with Crippen molar-refractivity contribution in [3.63, 3.8) is 0 Å². The highest BCUT2D eigenvalue weighted by molar-refractivity contribution is 5.70. The minimum absolute atomic E-state index is 0.105. The summed E-state index contributed by atoms with van der Waals surface area (Å²) in [6.07, 6.45) is 8.50. The van der Waals surface area contributed by atoms with Crippen LogP contribution in [0.15, 0.2) is 36.0 Å². The number of carbonyl (C=O) groups is 2. The molecule has 10 atom stereocenters. The Labute approximate surface area is 227 Å². The van der Waals surface area contributed by atoms with E-state index in [1.165, 1.54) is 6.92 Å². The molecule has 2 rings (SSSR count). The number of rotatable bonds is 9. The monoisotopic (exact) mass is 536 g/mol. The van der Waals surface area contributed by atoms with Gasteiger partial charge in [0.05, 0.1) is 30.8 Å². The molecule has 0 aromatic heterocycles. The fraction of sp³-hybridized carbons (Fsp3) is 0.733. The molecule has 3 N–H and O–H groups in total. The van der Waals surface area contributed by atoms with Crippen molar-refractivity contribution in [1.29, 1.82) is 0 Å². The molecular formula is C30H48O8. The second kappa shape index (κ2) is 14.4. The van der Waals surface area contributed by atoms with Crippen molar-refractivity contribution >= 4 is 11.9 Å². The zero-order valence-electron chi connectivity index (χ0n) is 24.0. The highest BCUT2D eigenvalue weighted by Crippen LogP contribution is 2.36. The molecule has 1 fully saturated rings. The Kier molecular flexibility index (Phi) is 12.2. The first-order valence-corrected chi connectivity index (χ1v) is 13.9. The van der Waals surface area contributed by atoms with Gasteiger partial charge in [0, 0.05) is 18.8 Å². The predicted octanol–water partition coefficient (Wildman–Crippen LogP) is 4.02. The van der Waals surface area contributed by atoms with E-state index < -0.39 is 35.9 Å². The Morgan fingerprint density at radius 3 is 2.61 bits per heavy atom. The van der Waals surface area contributed by atoms with Crippen LogP contribution < -0.4 is 0 Å². The number of esters is 2. The maximum Gasteiger partial charge on any atom is 0.309 e. The van der Waals surface area contributed by atoms with Gasteiger partial charge in [-0.1, -0.05) is 52.0 Å². The summed E-state index contributed by atoms with van der Waals surface area (Å²) < 4.78 is 16.9. The smallest absolute Gasteiger partial charge is 0.309 e. The maximum atomic E-state index is 12.6. The van der Waals surface area contributed by atoms with Gasteiger partial charge in [-0.05, 0) is 57.1 Å². The van der Waals surface area contributed by atoms with Gasteiger partial charge in [0.15, 0.2) is 0 Å². The number of allylic oxidation sites excluding steroid dienone is 3. The first-order chi connectivity index (χ1) is 17.7. The molecule has 38 heavy (non-hydrogen) atoms. The van der Waals surface area contributed by atoms with E-state index in [1.54, 1.807) is 19.1 Å². The average molecular weight is 537 g/mol. The first kappa shape index (κ1) is 32.2. The molecular weight excluding hydrogens is 488 g/mol. The van der Waals surface area contributed by atoms with Gasteiger partial charge in [-0.25, -0.2) is 0 Å². The molecule has 0 saturated carbocycles. The molecule has 0 aromatic rings. The summed E-state index contributed by atoms with van der Waals surface area (Å²) >= 11 is 0. The molecule has 8 nitrogen and oxygen atoms in total. The summed E-state index contributed by atoms with van der Waals surface area (Å²) in [4.78, 5) is 24.2. The largest absolute Gasteiger partial charge is 0.457 e. The molecule has 2 heterocycles. The van der Waals surface area contributed by atoms with Crippen molar-refractivity contribution in [2.75, 3.05) is 0 Å². The number of hydrogen-bond acceptors (Lipinski definition) is 8. The van der Waals surface area contributed by atoms with Crippen LogP contribution in [-0.2, 0) is 23.8 Å². The molecule has 0 spiro atoms. The molecule has 1 saturated heterocycles. The van der Waals surface area contributed by atoms with E-state index in [0.717, 1.165) is 18.4 Å². The van der Waals surface area contributed by atoms with Gasteiger partial charge >= 0.3 is 11.9 Å². The van der Waals surface area contributed by atoms with Crippen molar-refractivity contribution in [3.8, 4) is 0 Å². The van der Waals surface area contributed by atoms with E-state index in [4.69, 9.17) is 14.2 Å². The second-order valence-electron chi connectivity index (χ2n) is 11.4. The van der Waals surface area contributed by atoms with Gasteiger partial charge in [0.25, 0.3) is 0 Å². The number of aliphatic hydroxyl groups is 3. The number of carbonyl (C=O) groups excluding carboxylic acids is 2. The van der Waals surface area contributed by atoms with Crippen molar-refractivity contribution in [3.05, 3.63) is 36.0 Å². The van der Waals surface area contributed by atoms with Crippen molar-refractivity contribution in [2.24, 2.45) is 17.8 Å². The van der Waals surface area contributed by atoms with Gasteiger partial charge in [0.1, 0.15) is 17.8 Å². The van der Waals surface area contributed by atoms with Gasteiger partial charge < -0.3 is 29.5 Å². The van der Waals surface area contributed by atoms with Gasteiger partial charge in [-0.2, -0.15) is 0 Å². The standard InChI is InChI=1S/C30H48O8/c1-8-24(33)21(5)29-25(37-29)16-18(2)10-9-11-19(3)28-20(4)12-13-26(36-22(6)31)30(7,35)15-14-23(32)17-27(34)38-28/h9-13,18,20-21,23-26,28-29,32-33,35H,8,14-17H2,1-7H3/b10-9+,13-12+,19-11+/t18?,20?,21?,23-,24?,25?,26?,28?,29?,30?/m1/s1. The molecule has 8 heteroatoms. The Balaban J connectivity index is 2.12. The second-order valence-corrected chi connectivity index (χ2v) is 11.4. The zero-order chi connectivity index (χ0) is 28.6. The minimum atomic E-state index is -1.40. The van der Waals surface area contributed by atoms with Crippen molar-refractivity contribution in [1.82, 2.24) is 0 Å². The minimum Gasteiger partial charge on any atom is -0.457 e. The van der Waals surface area contributed by atoms with Crippen LogP contribution in [0.5, 0.6) is 0 Å². The highest BCUT2D eigenvalue weighted by atomic mass is 16.6. The third-order valence-corrected chi connectivity index (χ3v) is 7.63. The quantitative estimate of drug-likeness (QED) is 0.175. The van der Waals surface area contributed by atoms with Crippen LogP contribution in [0.1, 0.15) is 80.6 Å². The third kappa shape index (κ3) is 9.95. The summed E-state index contributed by atoms with van der Waals surface area (Å²) in [6, 6.07) is 0. The molecule has 2 aliphatic heterocycles. The van der Waals surface area contributed by atoms with E-state index in [9.17, 15) is 24.9 Å². The third-order valence-electron chi connectivity index (χ3n) is 7.63. The number of aliphatic hydroxyl groups excluding tert-OH is 2. The van der Waals surface area contributed by atoms with Gasteiger partial charge in [-0.3, -0.25) is 9.59 Å². The number of ether oxygens (including phenoxy) is 3. The number of cyclic esters (lactones) is 1. The lowest BCUT2D eigenvalue weighted by atomic mass is 9.88. The zero-order valence-corrected chi connectivity index (χ0v) is 24.0. The Hall–Kier alpha value is -2.00. The molecule has 0 amide bonds. The van der Waals surface area contributed by atoms with E-state index in [0.29, 0.717) is 0 Å². The van der Waals surface area contributed by atoms with Crippen LogP contribution in [0.3, 0.4) is 0 Å². The lowest BCUT2D eigenvalue weighted by Gasteiger charge is -2.32. The van der Waals surface area contributed by atoms with Crippen LogP contribution >= 0.6 is 0 Å². The molecule has 0 aliphatic carbocycles. The molecule has 9 unspecified atom stereocenters. The van der Waals surface area contributed by atoms with Crippen LogP contribution in [0.2, 0.25) is 0 Å². The highest BCUT2D eigenvalue weighted by Gasteiger charge is 2.45. The van der Waals surface area contributed by atoms with E-state index in [-0.39, 0.29) is 55.3 Å². The number of hydrogen-bond donors (Lipinski definition) is 3. The summed E-state index contributed by atoms with van der Waals surface area (Å²) in [5.74, 6) is -0.921. The average Bonchev–Trinajstić information content (AvgIpc) is 3.60. The fourth-order valence-corrected chi connectivity index (χ4v) is 4.97. The van der Waals surface area contributed by atoms with Crippen LogP contribution in [0, 0.1) is 17.8 Å².